The van der Waals surface area contributed by atoms with E-state index in [-0.39, 0.29) is 0 Å². The van der Waals surface area contributed by atoms with Crippen LogP contribution >= 0.6 is 0 Å². The molecule has 3 fully saturated rings. The summed E-state index contributed by atoms with van der Waals surface area (Å²) in [5.74, 6) is 1.31. The average molecular weight is 347 g/mol. The van der Waals surface area contributed by atoms with Gasteiger partial charge in [0.25, 0.3) is 0 Å². The van der Waals surface area contributed by atoms with Crippen molar-refractivity contribution in [2.24, 2.45) is 5.73 Å². The smallest absolute Gasteiger partial charge is 0.240 e. The summed E-state index contributed by atoms with van der Waals surface area (Å²) in [5.41, 5.74) is 5.52. The van der Waals surface area contributed by atoms with Gasteiger partial charge in [-0.3, -0.25) is 4.79 Å². The van der Waals surface area contributed by atoms with E-state index in [4.69, 9.17) is 5.73 Å². The van der Waals surface area contributed by atoms with Crippen molar-refractivity contribution in [3.8, 4) is 0 Å². The molecule has 4 heterocycles. The van der Waals surface area contributed by atoms with Crippen LogP contribution in [0, 0.1) is 0 Å². The summed E-state index contributed by atoms with van der Waals surface area (Å²) in [5, 5.41) is 10.0. The molecule has 9 heteroatoms. The second-order valence-corrected chi connectivity index (χ2v) is 7.08. The van der Waals surface area contributed by atoms with Gasteiger partial charge in [-0.25, -0.2) is 0 Å². The summed E-state index contributed by atoms with van der Waals surface area (Å²) in [6.07, 6.45) is 4.25. The van der Waals surface area contributed by atoms with E-state index in [1.165, 1.54) is 0 Å². The fourth-order valence-corrected chi connectivity index (χ4v) is 3.89. The van der Waals surface area contributed by atoms with Crippen molar-refractivity contribution < 1.29 is 9.90 Å². The Labute approximate surface area is 146 Å². The molecule has 136 valence electrons. The number of nitrogens with zero attached hydrogens (tertiary/aromatic N) is 6. The van der Waals surface area contributed by atoms with E-state index < -0.39 is 18.1 Å². The number of carbonyl (C=O) groups excluding carboxylic acids is 1. The van der Waals surface area contributed by atoms with E-state index in [0.717, 1.165) is 51.9 Å². The maximum atomic E-state index is 11.8. The molecule has 0 aliphatic carbocycles. The van der Waals surface area contributed by atoms with Crippen LogP contribution in [0.25, 0.3) is 0 Å². The Morgan fingerprint density at radius 1 is 0.920 bits per heavy atom. The van der Waals surface area contributed by atoms with E-state index in [0.29, 0.717) is 30.8 Å². The fraction of sp³-hybridized carbons (Fsp3) is 0.750. The van der Waals surface area contributed by atoms with Gasteiger partial charge in [-0.2, -0.15) is 15.0 Å². The quantitative estimate of drug-likeness (QED) is 0.749. The lowest BCUT2D eigenvalue weighted by Gasteiger charge is -2.26. The van der Waals surface area contributed by atoms with Crippen LogP contribution in [0.4, 0.5) is 17.8 Å². The molecule has 3 N–H and O–H groups in total. The van der Waals surface area contributed by atoms with Crippen LogP contribution < -0.4 is 20.4 Å². The monoisotopic (exact) mass is 347 g/mol. The highest BCUT2D eigenvalue weighted by Gasteiger charge is 2.37. The molecule has 0 radical (unpaired) electrons. The topological polar surface area (TPSA) is 112 Å². The summed E-state index contributed by atoms with van der Waals surface area (Å²) in [6.45, 7) is 4.06. The first-order valence-electron chi connectivity index (χ1n) is 9.12. The van der Waals surface area contributed by atoms with E-state index in [2.05, 4.69) is 24.8 Å². The van der Waals surface area contributed by atoms with Gasteiger partial charge in [-0.05, 0) is 25.7 Å². The largest absolute Gasteiger partial charge is 0.391 e. The van der Waals surface area contributed by atoms with Crippen molar-refractivity contribution in [3.05, 3.63) is 0 Å². The first-order valence-corrected chi connectivity index (χ1v) is 9.12. The van der Waals surface area contributed by atoms with Gasteiger partial charge in [0.2, 0.25) is 23.8 Å². The maximum absolute atomic E-state index is 11.8. The highest BCUT2D eigenvalue weighted by molar-refractivity contribution is 5.84. The van der Waals surface area contributed by atoms with E-state index in [1.54, 1.807) is 4.90 Å². The molecule has 3 saturated heterocycles. The second kappa shape index (κ2) is 6.62. The third-order valence-corrected chi connectivity index (χ3v) is 5.24. The standard InChI is InChI=1S/C16H25N7O2/c17-13(25)12-9-11(24)10-23(12)16-19-14(21-5-1-2-6-21)18-15(20-16)22-7-3-4-8-22/h11-12,24H,1-10H2,(H2,17,25). The average Bonchev–Trinajstić information content (AvgIpc) is 3.35. The summed E-state index contributed by atoms with van der Waals surface area (Å²) >= 11 is 0. The molecule has 0 saturated carbocycles. The van der Waals surface area contributed by atoms with Crippen LogP contribution in [-0.4, -0.2) is 70.8 Å². The maximum Gasteiger partial charge on any atom is 0.240 e. The molecule has 4 rings (SSSR count). The van der Waals surface area contributed by atoms with Gasteiger partial charge in [0.05, 0.1) is 6.10 Å². The second-order valence-electron chi connectivity index (χ2n) is 7.08. The third kappa shape index (κ3) is 3.20. The minimum atomic E-state index is -0.597. The number of amides is 1. The Kier molecular flexibility index (Phi) is 4.32. The molecule has 1 amide bonds. The van der Waals surface area contributed by atoms with Crippen molar-refractivity contribution in [3.63, 3.8) is 0 Å². The van der Waals surface area contributed by atoms with Gasteiger partial charge in [-0.1, -0.05) is 0 Å². The molecular weight excluding hydrogens is 322 g/mol. The van der Waals surface area contributed by atoms with Crippen molar-refractivity contribution in [1.82, 2.24) is 15.0 Å². The van der Waals surface area contributed by atoms with Gasteiger partial charge in [0.1, 0.15) is 6.04 Å². The normalized spacial score (nSPS) is 26.7. The van der Waals surface area contributed by atoms with Crippen LogP contribution in [0.2, 0.25) is 0 Å². The predicted octanol–water partition coefficient (Wildman–Crippen LogP) is -0.503. The van der Waals surface area contributed by atoms with Gasteiger partial charge < -0.3 is 25.5 Å². The van der Waals surface area contributed by atoms with Gasteiger partial charge >= 0.3 is 0 Å². The number of rotatable bonds is 4. The molecule has 1 aromatic heterocycles. The number of nitrogens with two attached hydrogens (primary N) is 1. The SMILES string of the molecule is NC(=O)C1CC(O)CN1c1nc(N2CCCC2)nc(N2CCCC2)n1. The number of anilines is 3. The lowest BCUT2D eigenvalue weighted by molar-refractivity contribution is -0.119. The Bertz CT molecular complexity index is 609. The minimum Gasteiger partial charge on any atom is -0.391 e. The molecule has 9 nitrogen and oxygen atoms in total. The van der Waals surface area contributed by atoms with Gasteiger partial charge in [-0.15, -0.1) is 0 Å². The third-order valence-electron chi connectivity index (χ3n) is 5.24. The molecule has 1 aromatic rings. The molecule has 3 aliphatic heterocycles. The van der Waals surface area contributed by atoms with Crippen LogP contribution in [0.5, 0.6) is 0 Å². The van der Waals surface area contributed by atoms with E-state index in [1.807, 2.05) is 0 Å². The first kappa shape index (κ1) is 16.3. The van der Waals surface area contributed by atoms with Crippen molar-refractivity contribution in [2.75, 3.05) is 47.4 Å². The van der Waals surface area contributed by atoms with Crippen LogP contribution in [-0.2, 0) is 4.79 Å². The first-order chi connectivity index (χ1) is 12.1. The van der Waals surface area contributed by atoms with E-state index >= 15 is 0 Å². The number of aliphatic hydroxyl groups is 1. The minimum absolute atomic E-state index is 0.316. The zero-order valence-electron chi connectivity index (χ0n) is 14.3. The Balaban J connectivity index is 1.71. The summed E-state index contributed by atoms with van der Waals surface area (Å²) in [7, 11) is 0. The number of hydrogen-bond acceptors (Lipinski definition) is 8. The Morgan fingerprint density at radius 3 is 1.88 bits per heavy atom. The lowest BCUT2D eigenvalue weighted by Crippen LogP contribution is -2.41. The van der Waals surface area contributed by atoms with Crippen LogP contribution in [0.1, 0.15) is 32.1 Å². The number of aromatic nitrogens is 3. The van der Waals surface area contributed by atoms with Crippen molar-refractivity contribution >= 4 is 23.8 Å². The summed E-state index contributed by atoms with van der Waals surface area (Å²) < 4.78 is 0. The van der Waals surface area contributed by atoms with Crippen molar-refractivity contribution in [1.29, 1.82) is 0 Å². The lowest BCUT2D eigenvalue weighted by atomic mass is 10.2. The molecule has 0 bridgehead atoms. The number of β-amino-alcohol motifs (C(OH)–C–C–N with tert-alkyl or cyclic N) is 1. The molecule has 2 atom stereocenters. The van der Waals surface area contributed by atoms with Gasteiger partial charge in [0.15, 0.2) is 0 Å². The molecule has 0 spiro atoms. The Hall–Kier alpha value is -2.16. The van der Waals surface area contributed by atoms with Gasteiger partial charge in [0, 0.05) is 39.1 Å². The number of aliphatic hydroxyl groups excluding tert-OH is 1. The zero-order chi connectivity index (χ0) is 17.4. The zero-order valence-corrected chi connectivity index (χ0v) is 14.3. The van der Waals surface area contributed by atoms with Crippen LogP contribution in [0.15, 0.2) is 0 Å². The predicted molar refractivity (Wildman–Crippen MR) is 93.7 cm³/mol. The number of carbonyl (C=O) groups is 1. The van der Waals surface area contributed by atoms with Crippen molar-refractivity contribution in [2.45, 2.75) is 44.2 Å². The molecule has 25 heavy (non-hydrogen) atoms. The molecular formula is C16H25N7O2. The number of hydrogen-bond donors (Lipinski definition) is 2. The molecule has 2 unspecified atom stereocenters. The van der Waals surface area contributed by atoms with Crippen LogP contribution in [0.3, 0.4) is 0 Å². The van der Waals surface area contributed by atoms with E-state index in [9.17, 15) is 9.90 Å². The highest BCUT2D eigenvalue weighted by atomic mass is 16.3. The fourth-order valence-electron chi connectivity index (χ4n) is 3.89. The Morgan fingerprint density at radius 2 is 1.40 bits per heavy atom. The molecule has 0 aromatic carbocycles. The highest BCUT2D eigenvalue weighted by Crippen LogP contribution is 2.28. The summed E-state index contributed by atoms with van der Waals surface area (Å²) in [4.78, 5) is 31.8. The molecule has 3 aliphatic rings. The summed E-state index contributed by atoms with van der Waals surface area (Å²) in [6, 6.07) is -0.574. The number of primary amides is 1.